The molecular weight excluding hydrogens is 312 g/mol. The van der Waals surface area contributed by atoms with Crippen molar-refractivity contribution in [2.75, 3.05) is 33.9 Å². The molecule has 0 bridgehead atoms. The van der Waals surface area contributed by atoms with Crippen molar-refractivity contribution in [3.8, 4) is 5.75 Å². The number of benzene rings is 1. The first kappa shape index (κ1) is 15.9. The van der Waals surface area contributed by atoms with E-state index in [0.29, 0.717) is 18.9 Å². The molecule has 0 atom stereocenters. The van der Waals surface area contributed by atoms with Gasteiger partial charge in [-0.3, -0.25) is 4.79 Å². The van der Waals surface area contributed by atoms with Gasteiger partial charge in [0, 0.05) is 37.3 Å². The number of halogens is 1. The highest BCUT2D eigenvalue weighted by molar-refractivity contribution is 9.10. The molecule has 0 saturated heterocycles. The molecule has 1 amide bonds. The Hall–Kier alpha value is -1.11. The number of carbonyl (C=O) groups excluding carboxylic acids is 1. The summed E-state index contributed by atoms with van der Waals surface area (Å²) in [5, 5.41) is 5.77. The Kier molecular flexibility index (Phi) is 7.47. The van der Waals surface area contributed by atoms with Crippen LogP contribution in [0.2, 0.25) is 0 Å². The smallest absolute Gasteiger partial charge is 0.257 e. The van der Waals surface area contributed by atoms with Gasteiger partial charge in [-0.25, -0.2) is 0 Å². The van der Waals surface area contributed by atoms with E-state index in [0.717, 1.165) is 16.6 Å². The van der Waals surface area contributed by atoms with E-state index < -0.39 is 0 Å². The van der Waals surface area contributed by atoms with Gasteiger partial charge in [-0.1, -0.05) is 15.9 Å². The van der Waals surface area contributed by atoms with Crippen LogP contribution in [0.4, 0.5) is 0 Å². The van der Waals surface area contributed by atoms with Gasteiger partial charge < -0.3 is 20.1 Å². The molecule has 5 nitrogen and oxygen atoms in total. The van der Waals surface area contributed by atoms with Crippen LogP contribution in [0.5, 0.6) is 5.75 Å². The molecule has 0 spiro atoms. The van der Waals surface area contributed by atoms with Crippen LogP contribution in [0.25, 0.3) is 0 Å². The number of methoxy groups -OCH3 is 1. The zero-order valence-corrected chi connectivity index (χ0v) is 12.7. The summed E-state index contributed by atoms with van der Waals surface area (Å²) < 4.78 is 11.4. The fourth-order valence-corrected chi connectivity index (χ4v) is 1.85. The lowest BCUT2D eigenvalue weighted by molar-refractivity contribution is -0.122. The minimum atomic E-state index is -0.152. The molecule has 0 aliphatic carbocycles. The third-order valence-electron chi connectivity index (χ3n) is 2.46. The average molecular weight is 331 g/mol. The topological polar surface area (TPSA) is 59.6 Å². The molecule has 19 heavy (non-hydrogen) atoms. The first-order valence-corrected chi connectivity index (χ1v) is 6.78. The predicted octanol–water partition coefficient (Wildman–Crippen LogP) is 1.31. The van der Waals surface area contributed by atoms with Crippen molar-refractivity contribution in [3.05, 3.63) is 28.2 Å². The van der Waals surface area contributed by atoms with Crippen LogP contribution in [0.15, 0.2) is 22.7 Å². The highest BCUT2D eigenvalue weighted by Gasteiger charge is 2.06. The Morgan fingerprint density at radius 2 is 2.21 bits per heavy atom. The summed E-state index contributed by atoms with van der Waals surface area (Å²) in [6.45, 7) is 2.09. The van der Waals surface area contributed by atoms with E-state index in [1.54, 1.807) is 14.2 Å². The lowest BCUT2D eigenvalue weighted by atomic mass is 10.2. The standard InChI is InChI=1S/C13H19BrN2O3/c1-15-13(17)9-19-12-4-3-11(14)7-10(12)8-16-5-6-18-2/h3-4,7,16H,5-6,8-9H2,1-2H3,(H,15,17). The quantitative estimate of drug-likeness (QED) is 0.705. The summed E-state index contributed by atoms with van der Waals surface area (Å²) in [5.41, 5.74) is 0.995. The third kappa shape index (κ3) is 6.04. The molecule has 0 radical (unpaired) electrons. The van der Waals surface area contributed by atoms with Gasteiger partial charge >= 0.3 is 0 Å². The molecule has 6 heteroatoms. The second-order valence-electron chi connectivity index (χ2n) is 3.88. The van der Waals surface area contributed by atoms with Crippen LogP contribution in [0.3, 0.4) is 0 Å². The van der Waals surface area contributed by atoms with Crippen LogP contribution in [-0.4, -0.2) is 39.8 Å². The predicted molar refractivity (Wildman–Crippen MR) is 77.3 cm³/mol. The molecule has 0 fully saturated rings. The zero-order valence-electron chi connectivity index (χ0n) is 11.2. The zero-order chi connectivity index (χ0) is 14.1. The number of likely N-dealkylation sites (N-methyl/N-ethyl adjacent to an activating group) is 1. The van der Waals surface area contributed by atoms with Crippen molar-refractivity contribution in [2.45, 2.75) is 6.54 Å². The number of carbonyl (C=O) groups is 1. The van der Waals surface area contributed by atoms with Crippen molar-refractivity contribution >= 4 is 21.8 Å². The minimum Gasteiger partial charge on any atom is -0.483 e. The van der Waals surface area contributed by atoms with Crippen LogP contribution in [0.1, 0.15) is 5.56 Å². The Labute approximate surface area is 121 Å². The maximum absolute atomic E-state index is 11.2. The highest BCUT2D eigenvalue weighted by atomic mass is 79.9. The van der Waals surface area contributed by atoms with Crippen LogP contribution < -0.4 is 15.4 Å². The van der Waals surface area contributed by atoms with Crippen molar-refractivity contribution in [2.24, 2.45) is 0 Å². The van der Waals surface area contributed by atoms with E-state index in [4.69, 9.17) is 9.47 Å². The van der Waals surface area contributed by atoms with Gasteiger partial charge in [0.15, 0.2) is 6.61 Å². The summed E-state index contributed by atoms with van der Waals surface area (Å²) in [7, 11) is 3.25. The first-order valence-electron chi connectivity index (χ1n) is 5.99. The number of nitrogens with one attached hydrogen (secondary N) is 2. The summed E-state index contributed by atoms with van der Waals surface area (Å²) in [6, 6.07) is 5.71. The van der Waals surface area contributed by atoms with Gasteiger partial charge in [0.2, 0.25) is 0 Å². The van der Waals surface area contributed by atoms with Crippen molar-refractivity contribution < 1.29 is 14.3 Å². The first-order chi connectivity index (χ1) is 9.17. The second-order valence-corrected chi connectivity index (χ2v) is 4.80. The summed E-state index contributed by atoms with van der Waals surface area (Å²) in [5.74, 6) is 0.554. The molecule has 0 aliphatic heterocycles. The summed E-state index contributed by atoms with van der Waals surface area (Å²) in [4.78, 5) is 11.2. The van der Waals surface area contributed by atoms with Crippen molar-refractivity contribution in [1.82, 2.24) is 10.6 Å². The molecule has 1 rings (SSSR count). The fourth-order valence-electron chi connectivity index (χ4n) is 1.44. The largest absolute Gasteiger partial charge is 0.483 e. The molecular formula is C13H19BrN2O3. The Bertz CT molecular complexity index is 413. The minimum absolute atomic E-state index is 0.0171. The van der Waals surface area contributed by atoms with E-state index in [9.17, 15) is 4.79 Å². The van der Waals surface area contributed by atoms with Gasteiger partial charge in [0.1, 0.15) is 5.75 Å². The highest BCUT2D eigenvalue weighted by Crippen LogP contribution is 2.23. The second kappa shape index (κ2) is 8.90. The maximum atomic E-state index is 11.2. The Morgan fingerprint density at radius 3 is 2.89 bits per heavy atom. The van der Waals surface area contributed by atoms with Crippen molar-refractivity contribution in [1.29, 1.82) is 0 Å². The van der Waals surface area contributed by atoms with Gasteiger partial charge in [-0.2, -0.15) is 0 Å². The van der Waals surface area contributed by atoms with E-state index in [2.05, 4.69) is 26.6 Å². The van der Waals surface area contributed by atoms with Crippen LogP contribution >= 0.6 is 15.9 Å². The van der Waals surface area contributed by atoms with E-state index in [1.807, 2.05) is 18.2 Å². The van der Waals surface area contributed by atoms with Gasteiger partial charge in [-0.15, -0.1) is 0 Å². The molecule has 1 aromatic carbocycles. The average Bonchev–Trinajstić information content (AvgIpc) is 2.42. The molecule has 2 N–H and O–H groups in total. The van der Waals surface area contributed by atoms with E-state index in [-0.39, 0.29) is 12.5 Å². The molecule has 106 valence electrons. The molecule has 0 saturated carbocycles. The van der Waals surface area contributed by atoms with Gasteiger partial charge in [-0.05, 0) is 18.2 Å². The molecule has 0 aromatic heterocycles. The maximum Gasteiger partial charge on any atom is 0.257 e. The van der Waals surface area contributed by atoms with E-state index in [1.165, 1.54) is 0 Å². The molecule has 0 unspecified atom stereocenters. The lowest BCUT2D eigenvalue weighted by Gasteiger charge is -2.12. The Balaban J connectivity index is 2.60. The van der Waals surface area contributed by atoms with Crippen LogP contribution in [0, 0.1) is 0 Å². The number of hydrogen-bond donors (Lipinski definition) is 2. The SMILES string of the molecule is CNC(=O)COc1ccc(Br)cc1CNCCOC. The number of rotatable bonds is 8. The van der Waals surface area contributed by atoms with Crippen molar-refractivity contribution in [3.63, 3.8) is 0 Å². The number of ether oxygens (including phenoxy) is 2. The molecule has 1 aromatic rings. The summed E-state index contributed by atoms with van der Waals surface area (Å²) >= 11 is 3.43. The van der Waals surface area contributed by atoms with Gasteiger partial charge in [0.05, 0.1) is 6.61 Å². The third-order valence-corrected chi connectivity index (χ3v) is 2.95. The Morgan fingerprint density at radius 1 is 1.42 bits per heavy atom. The normalized spacial score (nSPS) is 10.3. The van der Waals surface area contributed by atoms with Gasteiger partial charge in [0.25, 0.3) is 5.91 Å². The fraction of sp³-hybridized carbons (Fsp3) is 0.462. The number of hydrogen-bond acceptors (Lipinski definition) is 4. The molecule has 0 aliphatic rings. The monoisotopic (exact) mass is 330 g/mol. The van der Waals surface area contributed by atoms with E-state index >= 15 is 0 Å². The molecule has 0 heterocycles. The number of amides is 1. The lowest BCUT2D eigenvalue weighted by Crippen LogP contribution is -2.25. The summed E-state index contributed by atoms with van der Waals surface area (Å²) in [6.07, 6.45) is 0. The van der Waals surface area contributed by atoms with Crippen LogP contribution in [-0.2, 0) is 16.1 Å².